The van der Waals surface area contributed by atoms with Crippen LogP contribution in [-0.2, 0) is 14.3 Å². The third kappa shape index (κ3) is 4.57. The first-order chi connectivity index (χ1) is 10.3. The molecule has 0 aliphatic heterocycles. The van der Waals surface area contributed by atoms with Gasteiger partial charge in [-0.25, -0.2) is 9.87 Å². The van der Waals surface area contributed by atoms with Crippen LogP contribution in [0.25, 0.3) is 22.4 Å². The number of aromatic amines is 1. The number of benzene rings is 2. The molecule has 0 spiro atoms. The number of H-pyrrole nitrogens is 1. The third-order valence-electron chi connectivity index (χ3n) is 2.60. The van der Waals surface area contributed by atoms with Crippen molar-refractivity contribution >= 4 is 23.1 Å². The van der Waals surface area contributed by atoms with E-state index < -0.39 is 0 Å². The van der Waals surface area contributed by atoms with E-state index in [0.29, 0.717) is 0 Å². The maximum Gasteiger partial charge on any atom is 0.138 e. The van der Waals surface area contributed by atoms with Gasteiger partial charge in [0.05, 0.1) is 18.1 Å². The van der Waals surface area contributed by atoms with Gasteiger partial charge in [0.15, 0.2) is 0 Å². The van der Waals surface area contributed by atoms with Crippen LogP contribution in [0, 0.1) is 0 Å². The molecule has 0 bridgehead atoms. The monoisotopic (exact) mass is 304 g/mol. The van der Waals surface area contributed by atoms with Crippen molar-refractivity contribution in [1.29, 1.82) is 0 Å². The first kappa shape index (κ1) is 15.5. The lowest BCUT2D eigenvalue weighted by atomic mass is 10.2. The Bertz CT molecular complexity index is 621. The topological polar surface area (TPSA) is 56.4 Å². The first-order valence-electron chi connectivity index (χ1n) is 6.25. The second kappa shape index (κ2) is 8.43. The lowest BCUT2D eigenvalue weighted by molar-refractivity contribution is -0.447. The Labute approximate surface area is 127 Å². The van der Waals surface area contributed by atoms with Crippen LogP contribution in [0.3, 0.4) is 0 Å². The summed E-state index contributed by atoms with van der Waals surface area (Å²) in [5, 5.41) is 3.95. The number of para-hydroxylation sites is 2. The van der Waals surface area contributed by atoms with Crippen molar-refractivity contribution in [3.05, 3.63) is 54.6 Å². The normalized spacial score (nSPS) is 10.2. The summed E-state index contributed by atoms with van der Waals surface area (Å²) < 4.78 is 4.18. The third-order valence-corrected chi connectivity index (χ3v) is 2.79. The number of hydrogen-bond acceptors (Lipinski definition) is 5. The molecule has 0 saturated heterocycles. The first-order valence-corrected chi connectivity index (χ1v) is 7.40. The van der Waals surface area contributed by atoms with E-state index in [1.54, 1.807) is 6.26 Å². The highest BCUT2D eigenvalue weighted by atomic mass is 32.2. The Morgan fingerprint density at radius 3 is 2.33 bits per heavy atom. The predicted molar refractivity (Wildman–Crippen MR) is 84.2 cm³/mol. The molecule has 2 aromatic carbocycles. The van der Waals surface area contributed by atoms with Gasteiger partial charge in [0.25, 0.3) is 0 Å². The Balaban J connectivity index is 0.000000232. The average molecular weight is 304 g/mol. The molecule has 1 aromatic heterocycles. The van der Waals surface area contributed by atoms with Crippen molar-refractivity contribution in [2.75, 3.05) is 13.4 Å². The highest BCUT2D eigenvalue weighted by Gasteiger charge is 2.02. The zero-order valence-electron chi connectivity index (χ0n) is 11.8. The van der Waals surface area contributed by atoms with Gasteiger partial charge in [-0.2, -0.15) is 0 Å². The average Bonchev–Trinajstić information content (AvgIpc) is 2.98. The Morgan fingerprint density at radius 1 is 1.00 bits per heavy atom. The van der Waals surface area contributed by atoms with Gasteiger partial charge in [0.1, 0.15) is 5.82 Å². The van der Waals surface area contributed by atoms with Crippen LogP contribution < -0.4 is 0 Å². The van der Waals surface area contributed by atoms with Crippen LogP contribution in [0.1, 0.15) is 0 Å². The van der Waals surface area contributed by atoms with E-state index in [9.17, 15) is 0 Å². The molecule has 0 saturated carbocycles. The van der Waals surface area contributed by atoms with Crippen molar-refractivity contribution in [2.24, 2.45) is 0 Å². The summed E-state index contributed by atoms with van der Waals surface area (Å²) in [6.07, 6.45) is 1.72. The molecular formula is C15H16N2O3S. The summed E-state index contributed by atoms with van der Waals surface area (Å²) in [7, 11) is 1.37. The molecule has 110 valence electrons. The molecule has 0 aliphatic rings. The molecule has 0 atom stereocenters. The fraction of sp³-hybridized carbons (Fsp3) is 0.133. The zero-order chi connectivity index (χ0) is 14.9. The highest BCUT2D eigenvalue weighted by Crippen LogP contribution is 2.19. The molecule has 3 rings (SSSR count). The minimum Gasteiger partial charge on any atom is -0.338 e. The van der Waals surface area contributed by atoms with E-state index in [0.717, 1.165) is 34.5 Å². The second-order valence-corrected chi connectivity index (χ2v) is 4.41. The molecule has 0 aliphatic carbocycles. The van der Waals surface area contributed by atoms with E-state index in [1.807, 2.05) is 42.5 Å². The fourth-order valence-corrected chi connectivity index (χ4v) is 1.85. The van der Waals surface area contributed by atoms with Crippen LogP contribution in [-0.4, -0.2) is 23.3 Å². The highest BCUT2D eigenvalue weighted by molar-refractivity contribution is 7.93. The zero-order valence-corrected chi connectivity index (χ0v) is 12.6. The molecule has 1 N–H and O–H groups in total. The summed E-state index contributed by atoms with van der Waals surface area (Å²) in [4.78, 5) is 11.9. The molecule has 0 amide bonds. The Kier molecular flexibility index (Phi) is 6.23. The largest absolute Gasteiger partial charge is 0.338 e. The van der Waals surface area contributed by atoms with Crippen molar-refractivity contribution in [3.63, 3.8) is 0 Å². The Morgan fingerprint density at radius 2 is 1.71 bits per heavy atom. The maximum absolute atomic E-state index is 4.53. The molecule has 1 heterocycles. The number of nitrogens with one attached hydrogen (secondary N) is 1. The van der Waals surface area contributed by atoms with Crippen molar-refractivity contribution in [3.8, 4) is 11.4 Å². The molecule has 6 heteroatoms. The molecule has 3 aromatic rings. The quantitative estimate of drug-likeness (QED) is 0.342. The number of hydrogen-bond donors (Lipinski definition) is 1. The summed E-state index contributed by atoms with van der Waals surface area (Å²) in [6.45, 7) is 0. The van der Waals surface area contributed by atoms with Crippen molar-refractivity contribution < 1.29 is 14.3 Å². The smallest absolute Gasteiger partial charge is 0.138 e. The standard InChI is InChI=1S/C13H10N2.C2H6O3S/c1-2-6-10(7-3-1)13-14-11-8-4-5-9-12(11)15-13;1-3-4-5-6-2/h1-9H,(H,14,15);1-2H3. The van der Waals surface area contributed by atoms with Gasteiger partial charge >= 0.3 is 0 Å². The van der Waals surface area contributed by atoms with Crippen LogP contribution >= 0.6 is 12.0 Å². The van der Waals surface area contributed by atoms with Crippen molar-refractivity contribution in [1.82, 2.24) is 9.97 Å². The van der Waals surface area contributed by atoms with Gasteiger partial charge in [0, 0.05) is 23.9 Å². The molecule has 21 heavy (non-hydrogen) atoms. The van der Waals surface area contributed by atoms with Gasteiger partial charge in [-0.15, -0.1) is 4.33 Å². The fourth-order valence-electron chi connectivity index (χ4n) is 1.74. The van der Waals surface area contributed by atoms with Crippen LogP contribution in [0.15, 0.2) is 54.6 Å². The van der Waals surface area contributed by atoms with Crippen molar-refractivity contribution in [2.45, 2.75) is 0 Å². The maximum atomic E-state index is 4.53. The van der Waals surface area contributed by atoms with Gasteiger partial charge in [-0.05, 0) is 12.1 Å². The van der Waals surface area contributed by atoms with Crippen LogP contribution in [0.5, 0.6) is 0 Å². The summed E-state index contributed by atoms with van der Waals surface area (Å²) in [6, 6.07) is 18.2. The van der Waals surface area contributed by atoms with E-state index in [-0.39, 0.29) is 0 Å². The van der Waals surface area contributed by atoms with Gasteiger partial charge in [-0.1, -0.05) is 47.5 Å². The number of fused-ring (bicyclic) bond motifs is 1. The minimum absolute atomic E-state index is 0.928. The van der Waals surface area contributed by atoms with E-state index in [1.165, 1.54) is 7.11 Å². The molecule has 0 radical (unpaired) electrons. The Hall–Kier alpha value is -1.86. The van der Waals surface area contributed by atoms with E-state index in [2.05, 4.69) is 36.4 Å². The summed E-state index contributed by atoms with van der Waals surface area (Å²) >= 11 is 1.08. The molecule has 0 fully saturated rings. The summed E-state index contributed by atoms with van der Waals surface area (Å²) in [5.41, 5.74) is 3.21. The van der Waals surface area contributed by atoms with E-state index >= 15 is 0 Å². The SMILES string of the molecule is COOOSC.c1ccc(-c2nc3ccccc3[nH]2)cc1. The summed E-state index contributed by atoms with van der Waals surface area (Å²) in [5.74, 6) is 0.928. The minimum atomic E-state index is 0.928. The molecular weight excluding hydrogens is 288 g/mol. The number of rotatable bonds is 4. The lowest BCUT2D eigenvalue weighted by Crippen LogP contribution is -1.81. The number of imidazole rings is 1. The van der Waals surface area contributed by atoms with Crippen LogP contribution in [0.4, 0.5) is 0 Å². The predicted octanol–water partition coefficient (Wildman–Crippen LogP) is 4.00. The van der Waals surface area contributed by atoms with Gasteiger partial charge < -0.3 is 4.98 Å². The lowest BCUT2D eigenvalue weighted by Gasteiger charge is -1.93. The van der Waals surface area contributed by atoms with Gasteiger partial charge in [-0.3, -0.25) is 0 Å². The van der Waals surface area contributed by atoms with Crippen LogP contribution in [0.2, 0.25) is 0 Å². The second-order valence-electron chi connectivity index (χ2n) is 3.94. The van der Waals surface area contributed by atoms with Gasteiger partial charge in [0.2, 0.25) is 0 Å². The number of nitrogens with zero attached hydrogens (tertiary/aromatic N) is 1. The number of aromatic nitrogens is 2. The van der Waals surface area contributed by atoms with E-state index in [4.69, 9.17) is 0 Å². The molecule has 5 nitrogen and oxygen atoms in total. The molecule has 0 unspecified atom stereocenters.